The summed E-state index contributed by atoms with van der Waals surface area (Å²) in [7, 11) is 0. The molecular weight excluding hydrogens is 226 g/mol. The molecule has 0 saturated carbocycles. The van der Waals surface area contributed by atoms with Crippen LogP contribution < -0.4 is 10.1 Å². The fourth-order valence-electron chi connectivity index (χ4n) is 2.11. The zero-order chi connectivity index (χ0) is 13.0. The van der Waals surface area contributed by atoms with Crippen molar-refractivity contribution >= 4 is 0 Å². The molecule has 0 aliphatic carbocycles. The molecule has 3 nitrogen and oxygen atoms in total. The zero-order valence-electron chi connectivity index (χ0n) is 11.5. The maximum atomic E-state index is 5.78. The van der Waals surface area contributed by atoms with E-state index in [1.54, 1.807) is 0 Å². The van der Waals surface area contributed by atoms with Crippen LogP contribution in [0.25, 0.3) is 0 Å². The molecule has 1 aliphatic rings. The van der Waals surface area contributed by atoms with Gasteiger partial charge in [-0.25, -0.2) is 0 Å². The van der Waals surface area contributed by atoms with Crippen molar-refractivity contribution in [1.82, 2.24) is 5.32 Å². The zero-order valence-corrected chi connectivity index (χ0v) is 11.5. The molecular formula is C15H23NO2. The summed E-state index contributed by atoms with van der Waals surface area (Å²) in [5.41, 5.74) is 1.34. The van der Waals surface area contributed by atoms with E-state index in [0.29, 0.717) is 12.5 Å². The molecule has 1 aromatic rings. The highest BCUT2D eigenvalue weighted by Crippen LogP contribution is 2.19. The van der Waals surface area contributed by atoms with Crippen molar-refractivity contribution in [1.29, 1.82) is 0 Å². The number of nitrogens with one attached hydrogen (secondary N) is 1. The normalized spacial score (nSPS) is 24.2. The summed E-state index contributed by atoms with van der Waals surface area (Å²) >= 11 is 0. The fourth-order valence-corrected chi connectivity index (χ4v) is 2.11. The molecule has 1 fully saturated rings. The van der Waals surface area contributed by atoms with E-state index in [0.717, 1.165) is 18.8 Å². The summed E-state index contributed by atoms with van der Waals surface area (Å²) in [5, 5.41) is 3.34. The van der Waals surface area contributed by atoms with Gasteiger partial charge in [-0.1, -0.05) is 26.0 Å². The standard InChI is InChI=1S/C15H23NO2/c1-11(2)13-4-6-14(7-5-13)17-10-15-9-16-8-12(3)18-15/h4-7,11-12,15-16H,8-10H2,1-3H3. The molecule has 1 aromatic carbocycles. The van der Waals surface area contributed by atoms with Crippen LogP contribution in [0.15, 0.2) is 24.3 Å². The molecule has 1 heterocycles. The third-order valence-corrected chi connectivity index (χ3v) is 3.21. The van der Waals surface area contributed by atoms with Crippen molar-refractivity contribution in [2.75, 3.05) is 19.7 Å². The minimum absolute atomic E-state index is 0.151. The van der Waals surface area contributed by atoms with Crippen molar-refractivity contribution in [3.63, 3.8) is 0 Å². The average molecular weight is 249 g/mol. The van der Waals surface area contributed by atoms with Crippen LogP contribution in [-0.2, 0) is 4.74 Å². The quantitative estimate of drug-likeness (QED) is 0.889. The molecule has 1 N–H and O–H groups in total. The average Bonchev–Trinajstić information content (AvgIpc) is 2.37. The van der Waals surface area contributed by atoms with Crippen LogP contribution >= 0.6 is 0 Å². The van der Waals surface area contributed by atoms with Gasteiger partial charge in [0.1, 0.15) is 18.5 Å². The molecule has 1 aliphatic heterocycles. The smallest absolute Gasteiger partial charge is 0.119 e. The van der Waals surface area contributed by atoms with Crippen LogP contribution in [-0.4, -0.2) is 31.9 Å². The number of hydrogen-bond donors (Lipinski definition) is 1. The Morgan fingerprint density at radius 2 is 2.00 bits per heavy atom. The lowest BCUT2D eigenvalue weighted by Gasteiger charge is -2.28. The van der Waals surface area contributed by atoms with E-state index in [1.807, 2.05) is 12.1 Å². The highest BCUT2D eigenvalue weighted by Gasteiger charge is 2.19. The van der Waals surface area contributed by atoms with Crippen LogP contribution in [0.2, 0.25) is 0 Å². The first-order chi connectivity index (χ1) is 8.65. The predicted octanol–water partition coefficient (Wildman–Crippen LogP) is 2.57. The molecule has 0 bridgehead atoms. The van der Waals surface area contributed by atoms with Crippen LogP contribution in [0.5, 0.6) is 5.75 Å². The van der Waals surface area contributed by atoms with Gasteiger partial charge in [0.2, 0.25) is 0 Å². The Morgan fingerprint density at radius 1 is 1.28 bits per heavy atom. The Labute approximate surface area is 109 Å². The van der Waals surface area contributed by atoms with Crippen LogP contribution in [0, 0.1) is 0 Å². The van der Waals surface area contributed by atoms with E-state index in [9.17, 15) is 0 Å². The minimum atomic E-state index is 0.151. The minimum Gasteiger partial charge on any atom is -0.491 e. The van der Waals surface area contributed by atoms with Gasteiger partial charge in [-0.2, -0.15) is 0 Å². The Bertz CT molecular complexity index is 361. The molecule has 2 atom stereocenters. The molecule has 1 saturated heterocycles. The van der Waals surface area contributed by atoms with E-state index in [1.165, 1.54) is 5.56 Å². The molecule has 2 unspecified atom stereocenters. The first-order valence-corrected chi connectivity index (χ1v) is 6.74. The summed E-state index contributed by atoms with van der Waals surface area (Å²) in [6.45, 7) is 8.88. The molecule has 0 radical (unpaired) electrons. The van der Waals surface area contributed by atoms with Gasteiger partial charge < -0.3 is 14.8 Å². The Balaban J connectivity index is 1.82. The Hall–Kier alpha value is -1.06. The monoisotopic (exact) mass is 249 g/mol. The molecule has 3 heteroatoms. The van der Waals surface area contributed by atoms with Gasteiger partial charge in [0, 0.05) is 13.1 Å². The number of morpholine rings is 1. The number of ether oxygens (including phenoxy) is 2. The lowest BCUT2D eigenvalue weighted by Crippen LogP contribution is -2.45. The second kappa shape index (κ2) is 6.21. The molecule has 2 rings (SSSR count). The van der Waals surface area contributed by atoms with Crippen molar-refractivity contribution in [3.8, 4) is 5.75 Å². The lowest BCUT2D eigenvalue weighted by molar-refractivity contribution is -0.0470. The summed E-state index contributed by atoms with van der Waals surface area (Å²) in [6.07, 6.45) is 0.425. The third-order valence-electron chi connectivity index (χ3n) is 3.21. The molecule has 0 amide bonds. The van der Waals surface area contributed by atoms with E-state index in [2.05, 4.69) is 38.2 Å². The molecule has 0 spiro atoms. The maximum Gasteiger partial charge on any atom is 0.119 e. The topological polar surface area (TPSA) is 30.5 Å². The largest absolute Gasteiger partial charge is 0.491 e. The lowest BCUT2D eigenvalue weighted by atomic mass is 10.0. The summed E-state index contributed by atoms with van der Waals surface area (Å²) in [5.74, 6) is 1.48. The van der Waals surface area contributed by atoms with E-state index >= 15 is 0 Å². The second-order valence-corrected chi connectivity index (χ2v) is 5.26. The highest BCUT2D eigenvalue weighted by molar-refractivity contribution is 5.28. The predicted molar refractivity (Wildman–Crippen MR) is 73.2 cm³/mol. The van der Waals surface area contributed by atoms with Gasteiger partial charge in [-0.3, -0.25) is 0 Å². The number of hydrogen-bond acceptors (Lipinski definition) is 3. The Morgan fingerprint density at radius 3 is 2.61 bits per heavy atom. The van der Waals surface area contributed by atoms with Crippen LogP contribution in [0.4, 0.5) is 0 Å². The molecule has 0 aromatic heterocycles. The van der Waals surface area contributed by atoms with Gasteiger partial charge in [-0.05, 0) is 30.5 Å². The fraction of sp³-hybridized carbons (Fsp3) is 0.600. The van der Waals surface area contributed by atoms with Gasteiger partial charge in [0.05, 0.1) is 6.10 Å². The summed E-state index contributed by atoms with van der Waals surface area (Å²) < 4.78 is 11.5. The molecule has 18 heavy (non-hydrogen) atoms. The van der Waals surface area contributed by atoms with Crippen molar-refractivity contribution in [3.05, 3.63) is 29.8 Å². The van der Waals surface area contributed by atoms with E-state index in [-0.39, 0.29) is 12.2 Å². The maximum absolute atomic E-state index is 5.78. The van der Waals surface area contributed by atoms with Crippen molar-refractivity contribution in [2.45, 2.75) is 38.9 Å². The highest BCUT2D eigenvalue weighted by atomic mass is 16.5. The van der Waals surface area contributed by atoms with Gasteiger partial charge in [-0.15, -0.1) is 0 Å². The van der Waals surface area contributed by atoms with E-state index in [4.69, 9.17) is 9.47 Å². The molecule has 100 valence electrons. The van der Waals surface area contributed by atoms with Gasteiger partial charge >= 0.3 is 0 Å². The van der Waals surface area contributed by atoms with Gasteiger partial charge in [0.25, 0.3) is 0 Å². The first-order valence-electron chi connectivity index (χ1n) is 6.74. The first kappa shape index (κ1) is 13.4. The summed E-state index contributed by atoms with van der Waals surface area (Å²) in [4.78, 5) is 0. The SMILES string of the molecule is CC1CNCC(COc2ccc(C(C)C)cc2)O1. The Kier molecular flexibility index (Phi) is 4.61. The number of benzene rings is 1. The van der Waals surface area contributed by atoms with Crippen molar-refractivity contribution < 1.29 is 9.47 Å². The second-order valence-electron chi connectivity index (χ2n) is 5.26. The van der Waals surface area contributed by atoms with Crippen molar-refractivity contribution in [2.24, 2.45) is 0 Å². The van der Waals surface area contributed by atoms with Crippen LogP contribution in [0.3, 0.4) is 0 Å². The van der Waals surface area contributed by atoms with Gasteiger partial charge in [0.15, 0.2) is 0 Å². The third kappa shape index (κ3) is 3.72. The summed E-state index contributed by atoms with van der Waals surface area (Å²) in [6, 6.07) is 8.33. The van der Waals surface area contributed by atoms with Crippen LogP contribution in [0.1, 0.15) is 32.3 Å². The number of rotatable bonds is 4. The van der Waals surface area contributed by atoms with E-state index < -0.39 is 0 Å².